The van der Waals surface area contributed by atoms with Gasteiger partial charge >= 0.3 is 0 Å². The molecule has 0 radical (unpaired) electrons. The van der Waals surface area contributed by atoms with E-state index in [1.807, 2.05) is 0 Å². The van der Waals surface area contributed by atoms with Crippen LogP contribution in [0, 0.1) is 0 Å². The second kappa shape index (κ2) is 4.82. The van der Waals surface area contributed by atoms with Crippen LogP contribution in [0.2, 0.25) is 0 Å². The SMILES string of the molecule is O=S(=O)(c1ccn[nH]1)N1CCOCC1CBr. The van der Waals surface area contributed by atoms with Gasteiger partial charge in [-0.05, 0) is 6.07 Å². The highest BCUT2D eigenvalue weighted by atomic mass is 79.9. The van der Waals surface area contributed by atoms with Crippen molar-refractivity contribution in [2.45, 2.75) is 11.1 Å². The summed E-state index contributed by atoms with van der Waals surface area (Å²) in [5.74, 6) is 0. The first-order valence-electron chi connectivity index (χ1n) is 4.81. The van der Waals surface area contributed by atoms with Crippen molar-refractivity contribution in [1.82, 2.24) is 14.5 Å². The number of H-pyrrole nitrogens is 1. The molecule has 0 saturated carbocycles. The van der Waals surface area contributed by atoms with Crippen LogP contribution in [0.15, 0.2) is 17.3 Å². The van der Waals surface area contributed by atoms with Crippen LogP contribution < -0.4 is 0 Å². The molecule has 1 N–H and O–H groups in total. The second-order valence-electron chi connectivity index (χ2n) is 3.42. The van der Waals surface area contributed by atoms with Crippen LogP contribution in [-0.2, 0) is 14.8 Å². The molecule has 2 heterocycles. The molecule has 0 aromatic carbocycles. The molecule has 0 aliphatic carbocycles. The van der Waals surface area contributed by atoms with Gasteiger partial charge in [-0.25, -0.2) is 8.42 Å². The molecule has 16 heavy (non-hydrogen) atoms. The van der Waals surface area contributed by atoms with Gasteiger partial charge in [-0.15, -0.1) is 0 Å². The van der Waals surface area contributed by atoms with Gasteiger partial charge in [0.2, 0.25) is 0 Å². The van der Waals surface area contributed by atoms with Crippen molar-refractivity contribution in [3.63, 3.8) is 0 Å². The summed E-state index contributed by atoms with van der Waals surface area (Å²) in [4.78, 5) is 0. The number of ether oxygens (including phenoxy) is 1. The topological polar surface area (TPSA) is 75.3 Å². The van der Waals surface area contributed by atoms with Crippen molar-refractivity contribution in [2.24, 2.45) is 0 Å². The molecule has 1 atom stereocenters. The summed E-state index contributed by atoms with van der Waals surface area (Å²) in [6, 6.07) is 1.29. The maximum Gasteiger partial charge on any atom is 0.260 e. The van der Waals surface area contributed by atoms with E-state index in [-0.39, 0.29) is 11.1 Å². The number of aromatic nitrogens is 2. The maximum absolute atomic E-state index is 12.2. The van der Waals surface area contributed by atoms with Gasteiger partial charge in [0.15, 0.2) is 5.03 Å². The maximum atomic E-state index is 12.2. The minimum Gasteiger partial charge on any atom is -0.378 e. The number of rotatable bonds is 3. The quantitative estimate of drug-likeness (QED) is 0.809. The Morgan fingerprint density at radius 1 is 1.69 bits per heavy atom. The number of sulfonamides is 1. The van der Waals surface area contributed by atoms with Crippen LogP contribution in [-0.4, -0.2) is 54.1 Å². The van der Waals surface area contributed by atoms with E-state index >= 15 is 0 Å². The summed E-state index contributed by atoms with van der Waals surface area (Å²) >= 11 is 3.30. The average molecular weight is 310 g/mol. The lowest BCUT2D eigenvalue weighted by Gasteiger charge is -2.32. The molecular weight excluding hydrogens is 298 g/mol. The normalized spacial score (nSPS) is 23.4. The predicted molar refractivity (Wildman–Crippen MR) is 60.9 cm³/mol. The molecule has 1 fully saturated rings. The Hall–Kier alpha value is -0.440. The highest BCUT2D eigenvalue weighted by molar-refractivity contribution is 9.09. The number of halogens is 1. The zero-order chi connectivity index (χ0) is 11.6. The molecule has 0 spiro atoms. The Kier molecular flexibility index (Phi) is 3.63. The minimum absolute atomic E-state index is 0.125. The summed E-state index contributed by atoms with van der Waals surface area (Å²) in [6.07, 6.45) is 1.43. The summed E-state index contributed by atoms with van der Waals surface area (Å²) in [6.45, 7) is 1.22. The molecule has 90 valence electrons. The largest absolute Gasteiger partial charge is 0.378 e. The molecule has 1 aromatic heterocycles. The summed E-state index contributed by atoms with van der Waals surface area (Å²) in [5.41, 5.74) is 0. The van der Waals surface area contributed by atoms with Gasteiger partial charge in [0.25, 0.3) is 10.0 Å². The second-order valence-corrected chi connectivity index (χ2v) is 5.93. The van der Waals surface area contributed by atoms with Gasteiger partial charge in [-0.2, -0.15) is 9.40 Å². The molecular formula is C8H12BrN3O3S. The summed E-state index contributed by atoms with van der Waals surface area (Å²) in [5, 5.41) is 6.83. The molecule has 8 heteroatoms. The lowest BCUT2D eigenvalue weighted by atomic mass is 10.3. The smallest absolute Gasteiger partial charge is 0.260 e. The van der Waals surface area contributed by atoms with Crippen LogP contribution >= 0.6 is 15.9 Å². The van der Waals surface area contributed by atoms with Crippen LogP contribution in [0.5, 0.6) is 0 Å². The van der Waals surface area contributed by atoms with Crippen molar-refractivity contribution < 1.29 is 13.2 Å². The van der Waals surface area contributed by atoms with Crippen molar-refractivity contribution in [3.8, 4) is 0 Å². The number of nitrogens with one attached hydrogen (secondary N) is 1. The van der Waals surface area contributed by atoms with Crippen molar-refractivity contribution >= 4 is 26.0 Å². The number of nitrogens with zero attached hydrogens (tertiary/aromatic N) is 2. The van der Waals surface area contributed by atoms with Crippen LogP contribution in [0.4, 0.5) is 0 Å². The lowest BCUT2D eigenvalue weighted by Crippen LogP contribution is -2.49. The van der Waals surface area contributed by atoms with Crippen LogP contribution in [0.1, 0.15) is 0 Å². The lowest BCUT2D eigenvalue weighted by molar-refractivity contribution is 0.0412. The number of hydrogen-bond acceptors (Lipinski definition) is 4. The van der Waals surface area contributed by atoms with Gasteiger partial charge in [0, 0.05) is 11.9 Å². The fourth-order valence-electron chi connectivity index (χ4n) is 1.59. The zero-order valence-corrected chi connectivity index (χ0v) is 10.9. The molecule has 1 unspecified atom stereocenters. The standard InChI is InChI=1S/C8H12BrN3O3S/c9-5-7-6-15-4-3-12(7)16(13,14)8-1-2-10-11-8/h1-2,7H,3-6H2,(H,10,11). The van der Waals surface area contributed by atoms with Gasteiger partial charge < -0.3 is 4.74 Å². The first kappa shape index (κ1) is 12.0. The Balaban J connectivity index is 2.28. The number of hydrogen-bond donors (Lipinski definition) is 1. The predicted octanol–water partition coefficient (Wildman–Crippen LogP) is 0.194. The Morgan fingerprint density at radius 2 is 2.50 bits per heavy atom. The van der Waals surface area contributed by atoms with E-state index in [0.29, 0.717) is 25.1 Å². The fraction of sp³-hybridized carbons (Fsp3) is 0.625. The number of morpholine rings is 1. The van der Waals surface area contributed by atoms with E-state index < -0.39 is 10.0 Å². The Morgan fingerprint density at radius 3 is 3.12 bits per heavy atom. The molecule has 1 aliphatic rings. The summed E-state index contributed by atoms with van der Waals surface area (Å²) in [7, 11) is -3.47. The van der Waals surface area contributed by atoms with E-state index in [1.54, 1.807) is 0 Å². The van der Waals surface area contributed by atoms with E-state index in [0.717, 1.165) is 0 Å². The first-order chi connectivity index (χ1) is 7.66. The fourth-order valence-corrected chi connectivity index (χ4v) is 3.82. The van der Waals surface area contributed by atoms with Gasteiger partial charge in [0.1, 0.15) is 0 Å². The number of aromatic amines is 1. The summed E-state index contributed by atoms with van der Waals surface area (Å²) < 4.78 is 31.1. The third kappa shape index (κ3) is 2.15. The zero-order valence-electron chi connectivity index (χ0n) is 8.47. The van der Waals surface area contributed by atoms with Gasteiger partial charge in [-0.3, -0.25) is 5.10 Å². The highest BCUT2D eigenvalue weighted by Crippen LogP contribution is 2.19. The van der Waals surface area contributed by atoms with E-state index in [4.69, 9.17) is 4.74 Å². The molecule has 1 saturated heterocycles. The average Bonchev–Trinajstić information content (AvgIpc) is 2.83. The monoisotopic (exact) mass is 309 g/mol. The third-order valence-corrected chi connectivity index (χ3v) is 5.04. The molecule has 1 aliphatic heterocycles. The molecule has 1 aromatic rings. The van der Waals surface area contributed by atoms with Crippen LogP contribution in [0.25, 0.3) is 0 Å². The Labute approximate surface area is 102 Å². The minimum atomic E-state index is -3.47. The van der Waals surface area contributed by atoms with Gasteiger partial charge in [-0.1, -0.05) is 15.9 Å². The van der Waals surface area contributed by atoms with Crippen molar-refractivity contribution in [3.05, 3.63) is 12.3 Å². The van der Waals surface area contributed by atoms with Crippen molar-refractivity contribution in [2.75, 3.05) is 25.1 Å². The molecule has 0 amide bonds. The Bertz CT molecular complexity index is 433. The van der Waals surface area contributed by atoms with E-state index in [9.17, 15) is 8.42 Å². The number of alkyl halides is 1. The van der Waals surface area contributed by atoms with E-state index in [1.165, 1.54) is 16.6 Å². The third-order valence-electron chi connectivity index (χ3n) is 2.41. The molecule has 2 rings (SSSR count). The van der Waals surface area contributed by atoms with Crippen LogP contribution in [0.3, 0.4) is 0 Å². The molecule has 0 bridgehead atoms. The molecule has 6 nitrogen and oxygen atoms in total. The van der Waals surface area contributed by atoms with Gasteiger partial charge in [0.05, 0.1) is 25.5 Å². The highest BCUT2D eigenvalue weighted by Gasteiger charge is 2.34. The first-order valence-corrected chi connectivity index (χ1v) is 7.37. The van der Waals surface area contributed by atoms with E-state index in [2.05, 4.69) is 26.1 Å². The van der Waals surface area contributed by atoms with Crippen molar-refractivity contribution in [1.29, 1.82) is 0 Å².